The van der Waals surface area contributed by atoms with E-state index in [4.69, 9.17) is 10.8 Å². The highest BCUT2D eigenvalue weighted by molar-refractivity contribution is 14.1. The van der Waals surface area contributed by atoms with E-state index in [9.17, 15) is 8.78 Å². The van der Waals surface area contributed by atoms with Crippen LogP contribution in [0.3, 0.4) is 0 Å². The van der Waals surface area contributed by atoms with Crippen molar-refractivity contribution in [3.63, 3.8) is 0 Å². The van der Waals surface area contributed by atoms with Crippen LogP contribution in [0.5, 0.6) is 0 Å². The molecule has 0 aliphatic heterocycles. The van der Waals surface area contributed by atoms with Crippen molar-refractivity contribution in [2.75, 3.05) is 0 Å². The Labute approximate surface area is 93.5 Å². The van der Waals surface area contributed by atoms with Crippen molar-refractivity contribution in [1.82, 2.24) is 4.98 Å². The fraction of sp³-hybridized carbons (Fsp3) is 0.375. The van der Waals surface area contributed by atoms with Crippen LogP contribution in [-0.4, -0.2) is 10.1 Å². The van der Waals surface area contributed by atoms with E-state index in [2.05, 4.69) is 4.98 Å². The molecule has 0 amide bonds. The minimum Gasteiger partial charge on any atom is -0.392 e. The summed E-state index contributed by atoms with van der Waals surface area (Å²) in [7, 11) is 0. The lowest BCUT2D eigenvalue weighted by molar-refractivity contribution is 0.141. The normalized spacial score (nSPS) is 11.0. The number of aliphatic hydroxyl groups excluding tert-OH is 1. The molecule has 1 heterocycles. The van der Waals surface area contributed by atoms with Crippen LogP contribution >= 0.6 is 22.6 Å². The second kappa shape index (κ2) is 4.94. The van der Waals surface area contributed by atoms with Crippen molar-refractivity contribution in [3.8, 4) is 0 Å². The van der Waals surface area contributed by atoms with Crippen LogP contribution in [-0.2, 0) is 13.2 Å². The number of aromatic nitrogens is 1. The smallest absolute Gasteiger partial charge is 0.280 e. The number of aliphatic hydroxyl groups is 1. The van der Waals surface area contributed by atoms with Gasteiger partial charge in [-0.1, -0.05) is 0 Å². The molecule has 0 bridgehead atoms. The molecule has 1 aromatic heterocycles. The van der Waals surface area contributed by atoms with Gasteiger partial charge in [0.25, 0.3) is 6.43 Å². The average Bonchev–Trinajstić information content (AvgIpc) is 2.17. The lowest BCUT2D eigenvalue weighted by Crippen LogP contribution is -2.08. The molecule has 0 radical (unpaired) electrons. The zero-order chi connectivity index (χ0) is 10.7. The summed E-state index contributed by atoms with van der Waals surface area (Å²) in [5.41, 5.74) is 5.86. The molecular weight excluding hydrogens is 305 g/mol. The average molecular weight is 314 g/mol. The minimum atomic E-state index is -2.67. The lowest BCUT2D eigenvalue weighted by Gasteiger charge is -2.10. The zero-order valence-electron chi connectivity index (χ0n) is 7.17. The Balaban J connectivity index is 3.28. The molecule has 1 rings (SSSR count). The largest absolute Gasteiger partial charge is 0.392 e. The molecule has 0 spiro atoms. The summed E-state index contributed by atoms with van der Waals surface area (Å²) in [6.07, 6.45) is -1.35. The maximum Gasteiger partial charge on any atom is 0.280 e. The van der Waals surface area contributed by atoms with Crippen molar-refractivity contribution in [2.24, 2.45) is 5.73 Å². The van der Waals surface area contributed by atoms with Crippen LogP contribution < -0.4 is 5.73 Å². The van der Waals surface area contributed by atoms with Gasteiger partial charge in [0.05, 0.1) is 6.61 Å². The maximum atomic E-state index is 12.4. The SMILES string of the molecule is NCc1cnc(C(F)F)c(CO)c1I. The molecule has 78 valence electrons. The van der Waals surface area contributed by atoms with Gasteiger partial charge < -0.3 is 10.8 Å². The Morgan fingerprint density at radius 2 is 2.21 bits per heavy atom. The third kappa shape index (κ3) is 2.18. The molecule has 0 unspecified atom stereocenters. The first-order valence-corrected chi connectivity index (χ1v) is 4.94. The van der Waals surface area contributed by atoms with Gasteiger partial charge >= 0.3 is 0 Å². The Morgan fingerprint density at radius 3 is 2.64 bits per heavy atom. The molecular formula is C8H9F2IN2O. The predicted molar refractivity (Wildman–Crippen MR) is 55.7 cm³/mol. The van der Waals surface area contributed by atoms with Gasteiger partial charge in [0.2, 0.25) is 0 Å². The maximum absolute atomic E-state index is 12.4. The number of pyridine rings is 1. The van der Waals surface area contributed by atoms with Crippen molar-refractivity contribution in [2.45, 2.75) is 19.6 Å². The lowest BCUT2D eigenvalue weighted by atomic mass is 10.1. The van der Waals surface area contributed by atoms with Crippen LogP contribution in [0.2, 0.25) is 0 Å². The topological polar surface area (TPSA) is 59.1 Å². The van der Waals surface area contributed by atoms with E-state index in [0.29, 0.717) is 9.13 Å². The van der Waals surface area contributed by atoms with Crippen molar-refractivity contribution in [1.29, 1.82) is 0 Å². The molecule has 0 atom stereocenters. The summed E-state index contributed by atoms with van der Waals surface area (Å²) in [5, 5.41) is 8.95. The minimum absolute atomic E-state index is 0.170. The van der Waals surface area contributed by atoms with Gasteiger partial charge in [0.15, 0.2) is 0 Å². The van der Waals surface area contributed by atoms with Gasteiger partial charge in [-0.2, -0.15) is 0 Å². The molecule has 6 heteroatoms. The second-order valence-corrected chi connectivity index (χ2v) is 3.70. The first-order chi connectivity index (χ1) is 6.61. The van der Waals surface area contributed by atoms with Crippen LogP contribution in [0, 0.1) is 3.57 Å². The van der Waals surface area contributed by atoms with E-state index >= 15 is 0 Å². The first-order valence-electron chi connectivity index (χ1n) is 3.87. The molecule has 0 aromatic carbocycles. The second-order valence-electron chi connectivity index (χ2n) is 2.62. The number of halogens is 3. The monoisotopic (exact) mass is 314 g/mol. The molecule has 14 heavy (non-hydrogen) atoms. The van der Waals surface area contributed by atoms with Crippen molar-refractivity contribution >= 4 is 22.6 Å². The Bertz CT molecular complexity index is 333. The molecule has 0 aliphatic carbocycles. The highest BCUT2D eigenvalue weighted by Gasteiger charge is 2.18. The van der Waals surface area contributed by atoms with Gasteiger partial charge in [0, 0.05) is 21.9 Å². The zero-order valence-corrected chi connectivity index (χ0v) is 9.33. The first kappa shape index (κ1) is 11.7. The Morgan fingerprint density at radius 1 is 1.57 bits per heavy atom. The fourth-order valence-electron chi connectivity index (χ4n) is 1.07. The van der Waals surface area contributed by atoms with E-state index in [1.54, 1.807) is 0 Å². The quantitative estimate of drug-likeness (QED) is 0.833. The summed E-state index contributed by atoms with van der Waals surface area (Å²) >= 11 is 1.89. The number of hydrogen-bond donors (Lipinski definition) is 2. The highest BCUT2D eigenvalue weighted by atomic mass is 127. The van der Waals surface area contributed by atoms with Crippen molar-refractivity contribution < 1.29 is 13.9 Å². The fourth-order valence-corrected chi connectivity index (χ4v) is 1.88. The molecule has 3 N–H and O–H groups in total. The van der Waals surface area contributed by atoms with Gasteiger partial charge in [-0.25, -0.2) is 8.78 Å². The molecule has 0 saturated heterocycles. The highest BCUT2D eigenvalue weighted by Crippen LogP contribution is 2.26. The number of hydrogen-bond acceptors (Lipinski definition) is 3. The predicted octanol–water partition coefficient (Wildman–Crippen LogP) is 1.57. The standard InChI is InChI=1S/C8H9F2IN2O/c9-8(10)7-5(3-14)6(11)4(1-12)2-13-7/h2,8,14H,1,3,12H2. The van der Waals surface area contributed by atoms with E-state index in [-0.39, 0.29) is 17.8 Å². The Hall–Kier alpha value is -0.340. The van der Waals surface area contributed by atoms with E-state index in [1.807, 2.05) is 22.6 Å². The van der Waals surface area contributed by atoms with Gasteiger partial charge in [-0.3, -0.25) is 4.98 Å². The Kier molecular flexibility index (Phi) is 4.14. The summed E-state index contributed by atoms with van der Waals surface area (Å²) in [5.74, 6) is 0. The van der Waals surface area contributed by atoms with E-state index < -0.39 is 13.0 Å². The van der Waals surface area contributed by atoms with Gasteiger partial charge in [-0.05, 0) is 28.2 Å². The molecule has 0 saturated carbocycles. The molecule has 0 fully saturated rings. The van der Waals surface area contributed by atoms with Crippen LogP contribution in [0.15, 0.2) is 6.20 Å². The van der Waals surface area contributed by atoms with Crippen LogP contribution in [0.4, 0.5) is 8.78 Å². The summed E-state index contributed by atoms with van der Waals surface area (Å²) in [4.78, 5) is 3.59. The van der Waals surface area contributed by atoms with Gasteiger partial charge in [0.1, 0.15) is 5.69 Å². The number of nitrogens with zero attached hydrogens (tertiary/aromatic N) is 1. The number of alkyl halides is 2. The van der Waals surface area contributed by atoms with Crippen molar-refractivity contribution in [3.05, 3.63) is 26.6 Å². The third-order valence-electron chi connectivity index (χ3n) is 1.80. The molecule has 3 nitrogen and oxygen atoms in total. The van der Waals surface area contributed by atoms with Crippen LogP contribution in [0.25, 0.3) is 0 Å². The molecule has 0 aliphatic rings. The number of nitrogens with two attached hydrogens (primary N) is 1. The van der Waals surface area contributed by atoms with Crippen LogP contribution in [0.1, 0.15) is 23.2 Å². The van der Waals surface area contributed by atoms with Gasteiger partial charge in [-0.15, -0.1) is 0 Å². The van der Waals surface area contributed by atoms with E-state index in [1.165, 1.54) is 6.20 Å². The van der Waals surface area contributed by atoms with E-state index in [0.717, 1.165) is 0 Å². The summed E-state index contributed by atoms with van der Waals surface area (Å²) < 4.78 is 25.4. The molecule has 1 aromatic rings. The third-order valence-corrected chi connectivity index (χ3v) is 3.14. The summed E-state index contributed by atoms with van der Waals surface area (Å²) in [6.45, 7) is -0.222. The number of rotatable bonds is 3. The summed E-state index contributed by atoms with van der Waals surface area (Å²) in [6, 6.07) is 0.